The molecule has 1 saturated heterocycles. The zero-order valence-electron chi connectivity index (χ0n) is 14.7. The third kappa shape index (κ3) is 4.22. The number of thiazole rings is 1. The zero-order valence-corrected chi connectivity index (χ0v) is 15.5. The molecule has 3 heterocycles. The summed E-state index contributed by atoms with van der Waals surface area (Å²) < 4.78 is 5.19. The van der Waals surface area contributed by atoms with E-state index in [-0.39, 0.29) is 18.5 Å². The highest BCUT2D eigenvalue weighted by Gasteiger charge is 2.18. The maximum absolute atomic E-state index is 12.3. The standard InChI is InChI=1S/C16H22N6O2S/c1-10-13(25-11(2)18-10)14(23)17-9-12-19-15(21-16(20-12)24-3)22-7-5-4-6-8-22/h4-9H2,1-3H3,(H,17,23). The maximum atomic E-state index is 12.3. The predicted molar refractivity (Wildman–Crippen MR) is 95.2 cm³/mol. The average molecular weight is 362 g/mol. The molecular weight excluding hydrogens is 340 g/mol. The van der Waals surface area contributed by atoms with Crippen LogP contribution in [0, 0.1) is 13.8 Å². The van der Waals surface area contributed by atoms with Crippen LogP contribution in [0.3, 0.4) is 0 Å². The molecule has 1 aliphatic rings. The Balaban J connectivity index is 1.73. The Morgan fingerprint density at radius 2 is 1.92 bits per heavy atom. The van der Waals surface area contributed by atoms with E-state index in [1.807, 2.05) is 13.8 Å². The highest BCUT2D eigenvalue weighted by atomic mass is 32.1. The number of aryl methyl sites for hydroxylation is 2. The summed E-state index contributed by atoms with van der Waals surface area (Å²) in [7, 11) is 1.53. The number of methoxy groups -OCH3 is 1. The van der Waals surface area contributed by atoms with E-state index in [9.17, 15) is 4.79 Å². The fourth-order valence-corrected chi connectivity index (χ4v) is 3.61. The molecule has 8 nitrogen and oxygen atoms in total. The monoisotopic (exact) mass is 362 g/mol. The van der Waals surface area contributed by atoms with Gasteiger partial charge in [0.05, 0.1) is 24.4 Å². The first-order chi connectivity index (χ1) is 12.1. The summed E-state index contributed by atoms with van der Waals surface area (Å²) in [6, 6.07) is 0.268. The number of amides is 1. The van der Waals surface area contributed by atoms with Gasteiger partial charge in [0, 0.05) is 13.1 Å². The number of hydrogen-bond donors (Lipinski definition) is 1. The van der Waals surface area contributed by atoms with Gasteiger partial charge in [-0.05, 0) is 33.1 Å². The Bertz CT molecular complexity index is 757. The van der Waals surface area contributed by atoms with Crippen molar-refractivity contribution in [1.29, 1.82) is 0 Å². The lowest BCUT2D eigenvalue weighted by atomic mass is 10.1. The second-order valence-electron chi connectivity index (χ2n) is 5.92. The summed E-state index contributed by atoms with van der Waals surface area (Å²) in [5, 5.41) is 3.73. The quantitative estimate of drug-likeness (QED) is 0.868. The molecule has 0 spiro atoms. The molecule has 2 aromatic heterocycles. The number of nitrogens with zero attached hydrogens (tertiary/aromatic N) is 5. The lowest BCUT2D eigenvalue weighted by Crippen LogP contribution is -2.32. The molecule has 1 fully saturated rings. The lowest BCUT2D eigenvalue weighted by Gasteiger charge is -2.26. The summed E-state index contributed by atoms with van der Waals surface area (Å²) >= 11 is 1.38. The van der Waals surface area contributed by atoms with Crippen LogP contribution >= 0.6 is 11.3 Å². The first-order valence-electron chi connectivity index (χ1n) is 8.33. The summed E-state index contributed by atoms with van der Waals surface area (Å²) in [4.78, 5) is 32.5. The van der Waals surface area contributed by atoms with Gasteiger partial charge in [-0.1, -0.05) is 0 Å². The van der Waals surface area contributed by atoms with E-state index in [1.54, 1.807) is 0 Å². The minimum Gasteiger partial charge on any atom is -0.467 e. The molecule has 0 aromatic carbocycles. The van der Waals surface area contributed by atoms with Gasteiger partial charge >= 0.3 is 6.01 Å². The van der Waals surface area contributed by atoms with Crippen LogP contribution in [0.1, 0.15) is 45.5 Å². The molecule has 0 bridgehead atoms. The van der Waals surface area contributed by atoms with Gasteiger partial charge in [-0.2, -0.15) is 15.0 Å². The van der Waals surface area contributed by atoms with E-state index in [2.05, 4.69) is 30.2 Å². The van der Waals surface area contributed by atoms with Crippen molar-refractivity contribution in [2.24, 2.45) is 0 Å². The number of piperidine rings is 1. The Hall–Kier alpha value is -2.29. The van der Waals surface area contributed by atoms with Gasteiger partial charge in [-0.25, -0.2) is 4.98 Å². The van der Waals surface area contributed by atoms with Crippen molar-refractivity contribution < 1.29 is 9.53 Å². The zero-order chi connectivity index (χ0) is 17.8. The molecule has 0 unspecified atom stereocenters. The van der Waals surface area contributed by atoms with Crippen molar-refractivity contribution >= 4 is 23.2 Å². The second kappa shape index (κ2) is 7.73. The third-order valence-corrected chi connectivity index (χ3v) is 5.06. The molecule has 25 heavy (non-hydrogen) atoms. The number of carbonyl (C=O) groups is 1. The third-order valence-electron chi connectivity index (χ3n) is 3.99. The second-order valence-corrected chi connectivity index (χ2v) is 7.12. The summed E-state index contributed by atoms with van der Waals surface area (Å²) in [6.07, 6.45) is 3.49. The number of anilines is 1. The van der Waals surface area contributed by atoms with Gasteiger partial charge in [0.15, 0.2) is 5.82 Å². The van der Waals surface area contributed by atoms with E-state index in [0.29, 0.717) is 16.6 Å². The molecule has 9 heteroatoms. The van der Waals surface area contributed by atoms with E-state index >= 15 is 0 Å². The summed E-state index contributed by atoms with van der Waals surface area (Å²) in [6.45, 7) is 5.79. The van der Waals surface area contributed by atoms with Crippen molar-refractivity contribution in [3.63, 3.8) is 0 Å². The van der Waals surface area contributed by atoms with Crippen molar-refractivity contribution in [2.75, 3.05) is 25.1 Å². The van der Waals surface area contributed by atoms with Gasteiger partial charge in [-0.3, -0.25) is 4.79 Å². The Labute approximate surface area is 150 Å². The topological polar surface area (TPSA) is 93.1 Å². The minimum absolute atomic E-state index is 0.165. The fourth-order valence-electron chi connectivity index (χ4n) is 2.77. The van der Waals surface area contributed by atoms with E-state index in [4.69, 9.17) is 4.74 Å². The van der Waals surface area contributed by atoms with E-state index < -0.39 is 0 Å². The predicted octanol–water partition coefficient (Wildman–Crippen LogP) is 1.87. The largest absolute Gasteiger partial charge is 0.467 e. The van der Waals surface area contributed by atoms with Gasteiger partial charge in [-0.15, -0.1) is 11.3 Å². The molecule has 1 aliphatic heterocycles. The molecule has 0 saturated carbocycles. The SMILES string of the molecule is COc1nc(CNC(=O)c2sc(C)nc2C)nc(N2CCCCC2)n1. The first-order valence-corrected chi connectivity index (χ1v) is 9.14. The number of hydrogen-bond acceptors (Lipinski definition) is 8. The van der Waals surface area contributed by atoms with Crippen LogP contribution < -0.4 is 15.0 Å². The molecule has 1 amide bonds. The number of aromatic nitrogens is 4. The van der Waals surface area contributed by atoms with Crippen LogP contribution in [0.5, 0.6) is 6.01 Å². The molecule has 0 radical (unpaired) electrons. The minimum atomic E-state index is -0.165. The number of ether oxygens (including phenoxy) is 1. The van der Waals surface area contributed by atoms with Gasteiger partial charge in [0.1, 0.15) is 4.88 Å². The Morgan fingerprint density at radius 3 is 2.56 bits per heavy atom. The lowest BCUT2D eigenvalue weighted by molar-refractivity contribution is 0.0953. The highest BCUT2D eigenvalue weighted by molar-refractivity contribution is 7.13. The maximum Gasteiger partial charge on any atom is 0.321 e. The highest BCUT2D eigenvalue weighted by Crippen LogP contribution is 2.19. The Morgan fingerprint density at radius 1 is 1.16 bits per heavy atom. The van der Waals surface area contributed by atoms with Crippen LogP contribution in [0.2, 0.25) is 0 Å². The first kappa shape index (κ1) is 17.5. The molecular formula is C16H22N6O2S. The van der Waals surface area contributed by atoms with Gasteiger partial charge in [0.2, 0.25) is 5.95 Å². The molecule has 0 atom stereocenters. The Kier molecular flexibility index (Phi) is 5.42. The summed E-state index contributed by atoms with van der Waals surface area (Å²) in [5.41, 5.74) is 0.738. The van der Waals surface area contributed by atoms with Crippen LogP contribution in [-0.2, 0) is 6.54 Å². The van der Waals surface area contributed by atoms with E-state index in [0.717, 1.165) is 36.6 Å². The van der Waals surface area contributed by atoms with Gasteiger partial charge in [0.25, 0.3) is 5.91 Å². The van der Waals surface area contributed by atoms with Gasteiger partial charge < -0.3 is 15.0 Å². The van der Waals surface area contributed by atoms with Crippen molar-refractivity contribution in [2.45, 2.75) is 39.7 Å². The fraction of sp³-hybridized carbons (Fsp3) is 0.562. The van der Waals surface area contributed by atoms with E-state index in [1.165, 1.54) is 24.9 Å². The molecule has 3 rings (SSSR count). The smallest absolute Gasteiger partial charge is 0.321 e. The van der Waals surface area contributed by atoms with Crippen molar-refractivity contribution in [1.82, 2.24) is 25.3 Å². The van der Waals surface area contributed by atoms with Crippen LogP contribution in [0.15, 0.2) is 0 Å². The molecule has 0 aliphatic carbocycles. The average Bonchev–Trinajstić information content (AvgIpc) is 2.98. The van der Waals surface area contributed by atoms with Crippen LogP contribution in [0.4, 0.5) is 5.95 Å². The molecule has 2 aromatic rings. The number of rotatable bonds is 5. The van der Waals surface area contributed by atoms with Crippen LogP contribution in [0.25, 0.3) is 0 Å². The number of carbonyl (C=O) groups excluding carboxylic acids is 1. The molecule has 134 valence electrons. The van der Waals surface area contributed by atoms with Crippen molar-refractivity contribution in [3.05, 3.63) is 21.4 Å². The van der Waals surface area contributed by atoms with Crippen LogP contribution in [-0.4, -0.2) is 46.0 Å². The van der Waals surface area contributed by atoms with Crippen molar-refractivity contribution in [3.8, 4) is 6.01 Å². The molecule has 1 N–H and O–H groups in total. The summed E-state index contributed by atoms with van der Waals surface area (Å²) in [5.74, 6) is 0.933. The number of nitrogens with one attached hydrogen (secondary N) is 1. The normalized spacial score (nSPS) is 14.4.